The maximum absolute atomic E-state index is 13.0. The van der Waals surface area contributed by atoms with Gasteiger partial charge in [-0.3, -0.25) is 9.59 Å². The minimum absolute atomic E-state index is 0.000291. The van der Waals surface area contributed by atoms with Crippen molar-refractivity contribution < 1.29 is 22.7 Å². The van der Waals surface area contributed by atoms with E-state index in [1.807, 2.05) is 13.8 Å². The fourth-order valence-electron chi connectivity index (χ4n) is 2.97. The van der Waals surface area contributed by atoms with Crippen molar-refractivity contribution in [3.63, 3.8) is 0 Å². The molecule has 1 atom stereocenters. The molecule has 1 unspecified atom stereocenters. The number of nitrogens with zero attached hydrogens (tertiary/aromatic N) is 1. The fraction of sp³-hybridized carbons (Fsp3) is 0.529. The zero-order valence-corrected chi connectivity index (χ0v) is 16.0. The quantitative estimate of drug-likeness (QED) is 0.750. The highest BCUT2D eigenvalue weighted by Gasteiger charge is 2.34. The third kappa shape index (κ3) is 4.34. The summed E-state index contributed by atoms with van der Waals surface area (Å²) in [6, 6.07) is 3.99. The normalized spacial score (nSPS) is 18.5. The summed E-state index contributed by atoms with van der Waals surface area (Å²) in [5.74, 6) is -1.10. The Labute approximate surface area is 153 Å². The maximum Gasteiger partial charge on any atom is 0.252 e. The van der Waals surface area contributed by atoms with Gasteiger partial charge in [0.2, 0.25) is 15.9 Å². The minimum Gasteiger partial charge on any atom is -0.496 e. The molecule has 0 aliphatic carbocycles. The van der Waals surface area contributed by atoms with Crippen LogP contribution in [0.1, 0.15) is 37.0 Å². The Bertz CT molecular complexity index is 792. The second-order valence-electron chi connectivity index (χ2n) is 6.59. The Morgan fingerprint density at radius 3 is 2.62 bits per heavy atom. The average Bonchev–Trinajstić information content (AvgIpc) is 2.60. The number of piperidine rings is 1. The molecular formula is C17H25N3O5S. The van der Waals surface area contributed by atoms with Crippen molar-refractivity contribution in [2.45, 2.75) is 37.6 Å². The highest BCUT2D eigenvalue weighted by Crippen LogP contribution is 2.27. The second kappa shape index (κ2) is 8.05. The van der Waals surface area contributed by atoms with E-state index in [1.165, 1.54) is 29.6 Å². The van der Waals surface area contributed by atoms with Gasteiger partial charge in [-0.15, -0.1) is 0 Å². The molecule has 0 bridgehead atoms. The predicted molar refractivity (Wildman–Crippen MR) is 96.3 cm³/mol. The van der Waals surface area contributed by atoms with Crippen LogP contribution in [0.5, 0.6) is 5.75 Å². The number of nitrogens with two attached hydrogens (primary N) is 1. The van der Waals surface area contributed by atoms with Gasteiger partial charge in [-0.05, 0) is 44.9 Å². The number of benzene rings is 1. The molecule has 3 N–H and O–H groups in total. The van der Waals surface area contributed by atoms with Gasteiger partial charge in [0, 0.05) is 19.1 Å². The summed E-state index contributed by atoms with van der Waals surface area (Å²) in [6.45, 7) is 4.15. The van der Waals surface area contributed by atoms with E-state index in [0.717, 1.165) is 0 Å². The fourth-order valence-corrected chi connectivity index (χ4v) is 4.52. The number of ether oxygens (including phenoxy) is 1. The van der Waals surface area contributed by atoms with E-state index in [0.29, 0.717) is 19.4 Å². The molecule has 1 saturated heterocycles. The molecule has 2 rings (SSSR count). The number of carbonyl (C=O) groups is 2. The molecule has 1 aliphatic heterocycles. The van der Waals surface area contributed by atoms with Gasteiger partial charge in [0.05, 0.1) is 23.5 Å². The molecule has 9 heteroatoms. The lowest BCUT2D eigenvalue weighted by molar-refractivity contribution is -0.126. The molecule has 2 amide bonds. The van der Waals surface area contributed by atoms with Crippen molar-refractivity contribution in [3.8, 4) is 5.75 Å². The molecule has 1 aliphatic rings. The first-order chi connectivity index (χ1) is 12.2. The van der Waals surface area contributed by atoms with Crippen molar-refractivity contribution >= 4 is 21.8 Å². The Balaban J connectivity index is 2.28. The molecule has 144 valence electrons. The lowest BCUT2D eigenvalue weighted by atomic mass is 9.98. The third-order valence-corrected chi connectivity index (χ3v) is 6.12. The van der Waals surface area contributed by atoms with Gasteiger partial charge < -0.3 is 15.8 Å². The van der Waals surface area contributed by atoms with Crippen molar-refractivity contribution in [1.29, 1.82) is 0 Å². The van der Waals surface area contributed by atoms with Crippen molar-refractivity contribution in [3.05, 3.63) is 23.8 Å². The van der Waals surface area contributed by atoms with Crippen LogP contribution in [-0.4, -0.2) is 50.8 Å². The van der Waals surface area contributed by atoms with Crippen molar-refractivity contribution in [2.75, 3.05) is 20.2 Å². The van der Waals surface area contributed by atoms with E-state index in [2.05, 4.69) is 5.32 Å². The Hall–Kier alpha value is -2.13. The first-order valence-electron chi connectivity index (χ1n) is 8.45. The van der Waals surface area contributed by atoms with Crippen molar-refractivity contribution in [1.82, 2.24) is 9.62 Å². The first-order valence-corrected chi connectivity index (χ1v) is 9.89. The Morgan fingerprint density at radius 1 is 1.35 bits per heavy atom. The van der Waals surface area contributed by atoms with Gasteiger partial charge in [0.1, 0.15) is 5.75 Å². The molecule has 0 radical (unpaired) electrons. The number of sulfonamides is 1. The number of methoxy groups -OCH3 is 1. The van der Waals surface area contributed by atoms with Gasteiger partial charge in [-0.25, -0.2) is 8.42 Å². The van der Waals surface area contributed by atoms with Gasteiger partial charge in [-0.1, -0.05) is 0 Å². The van der Waals surface area contributed by atoms with Crippen LogP contribution in [0.3, 0.4) is 0 Å². The molecule has 0 aromatic heterocycles. The maximum atomic E-state index is 13.0. The largest absolute Gasteiger partial charge is 0.496 e. The van der Waals surface area contributed by atoms with Crippen LogP contribution in [0.4, 0.5) is 0 Å². The van der Waals surface area contributed by atoms with E-state index in [4.69, 9.17) is 10.5 Å². The van der Waals surface area contributed by atoms with Crippen molar-refractivity contribution in [2.24, 2.45) is 11.7 Å². The number of amides is 2. The zero-order chi connectivity index (χ0) is 19.5. The summed E-state index contributed by atoms with van der Waals surface area (Å²) in [4.78, 5) is 23.8. The van der Waals surface area contributed by atoms with Crippen LogP contribution in [0.25, 0.3) is 0 Å². The highest BCUT2D eigenvalue weighted by molar-refractivity contribution is 7.89. The number of hydrogen-bond acceptors (Lipinski definition) is 5. The van der Waals surface area contributed by atoms with Gasteiger partial charge in [0.25, 0.3) is 5.91 Å². The molecule has 0 saturated carbocycles. The molecule has 1 heterocycles. The summed E-state index contributed by atoms with van der Waals surface area (Å²) >= 11 is 0. The summed E-state index contributed by atoms with van der Waals surface area (Å²) < 4.78 is 32.2. The predicted octanol–water partition coefficient (Wildman–Crippen LogP) is 0.719. The number of hydrogen-bond donors (Lipinski definition) is 2. The lowest BCUT2D eigenvalue weighted by Crippen LogP contribution is -2.46. The van der Waals surface area contributed by atoms with E-state index >= 15 is 0 Å². The second-order valence-corrected chi connectivity index (χ2v) is 8.53. The van der Waals surface area contributed by atoms with E-state index < -0.39 is 21.8 Å². The van der Waals surface area contributed by atoms with Crippen LogP contribution in [0.2, 0.25) is 0 Å². The van der Waals surface area contributed by atoms with Crippen LogP contribution in [-0.2, 0) is 14.8 Å². The van der Waals surface area contributed by atoms with Crippen LogP contribution >= 0.6 is 0 Å². The Morgan fingerprint density at radius 2 is 2.04 bits per heavy atom. The monoisotopic (exact) mass is 383 g/mol. The smallest absolute Gasteiger partial charge is 0.252 e. The minimum atomic E-state index is -3.85. The number of rotatable bonds is 6. The SMILES string of the molecule is COc1ccc(S(=O)(=O)N2CCCC(C(=O)NC(C)C)C2)cc1C(N)=O. The molecule has 0 spiro atoms. The summed E-state index contributed by atoms with van der Waals surface area (Å²) in [5, 5.41) is 2.83. The lowest BCUT2D eigenvalue weighted by Gasteiger charge is -2.31. The topological polar surface area (TPSA) is 119 Å². The highest BCUT2D eigenvalue weighted by atomic mass is 32.2. The molecule has 8 nitrogen and oxygen atoms in total. The van der Waals surface area contributed by atoms with Gasteiger partial charge in [-0.2, -0.15) is 4.31 Å². The van der Waals surface area contributed by atoms with Crippen LogP contribution < -0.4 is 15.8 Å². The van der Waals surface area contributed by atoms with Crippen LogP contribution in [0, 0.1) is 5.92 Å². The van der Waals surface area contributed by atoms with Gasteiger partial charge >= 0.3 is 0 Å². The molecule has 26 heavy (non-hydrogen) atoms. The number of nitrogens with one attached hydrogen (secondary N) is 1. The molecular weight excluding hydrogens is 358 g/mol. The number of primary amides is 1. The van der Waals surface area contributed by atoms with E-state index in [-0.39, 0.29) is 34.7 Å². The van der Waals surface area contributed by atoms with E-state index in [9.17, 15) is 18.0 Å². The van der Waals surface area contributed by atoms with Gasteiger partial charge in [0.15, 0.2) is 0 Å². The average molecular weight is 383 g/mol. The zero-order valence-electron chi connectivity index (χ0n) is 15.2. The standard InChI is InChI=1S/C17H25N3O5S/c1-11(2)19-17(22)12-5-4-8-20(10-12)26(23,24)13-6-7-15(25-3)14(9-13)16(18)21/h6-7,9,11-12H,4-5,8,10H2,1-3H3,(H2,18,21)(H,19,22). The summed E-state index contributed by atoms with van der Waals surface area (Å²) in [5.41, 5.74) is 5.31. The third-order valence-electron chi connectivity index (χ3n) is 4.26. The molecule has 1 fully saturated rings. The molecule has 1 aromatic carbocycles. The van der Waals surface area contributed by atoms with E-state index in [1.54, 1.807) is 0 Å². The number of carbonyl (C=O) groups excluding carboxylic acids is 2. The summed E-state index contributed by atoms with van der Waals surface area (Å²) in [6.07, 6.45) is 1.23. The van der Waals surface area contributed by atoms with Crippen LogP contribution in [0.15, 0.2) is 23.1 Å². The summed E-state index contributed by atoms with van der Waals surface area (Å²) in [7, 11) is -2.47. The first kappa shape index (κ1) is 20.2. The Kier molecular flexibility index (Phi) is 6.25. The molecule has 1 aromatic rings.